The van der Waals surface area contributed by atoms with Crippen LogP contribution in [-0.2, 0) is 0 Å². The molecule has 0 radical (unpaired) electrons. The molecule has 1 fully saturated rings. The van der Waals surface area contributed by atoms with Crippen LogP contribution in [0.5, 0.6) is 0 Å². The first-order chi connectivity index (χ1) is 8.58. The van der Waals surface area contributed by atoms with E-state index in [0.717, 1.165) is 0 Å². The molecule has 1 heterocycles. The van der Waals surface area contributed by atoms with Crippen molar-refractivity contribution in [2.75, 3.05) is 5.32 Å². The summed E-state index contributed by atoms with van der Waals surface area (Å²) in [6.45, 7) is 2.14. The van der Waals surface area contributed by atoms with Crippen molar-refractivity contribution in [3.63, 3.8) is 0 Å². The van der Waals surface area contributed by atoms with Gasteiger partial charge in [-0.05, 0) is 41.6 Å². The molecule has 0 bridgehead atoms. The van der Waals surface area contributed by atoms with E-state index >= 15 is 0 Å². The second kappa shape index (κ2) is 5.65. The Hall–Kier alpha value is -1.17. The Kier molecular flexibility index (Phi) is 4.16. The smallest absolute Gasteiger partial charge is 0.288 e. The number of nitro groups is 1. The number of nitrogens with one attached hydrogen (secondary N) is 1. The van der Waals surface area contributed by atoms with Crippen LogP contribution in [0.25, 0.3) is 0 Å². The van der Waals surface area contributed by atoms with Crippen LogP contribution in [0, 0.1) is 16.0 Å². The molecule has 98 valence electrons. The van der Waals surface area contributed by atoms with E-state index in [-0.39, 0.29) is 5.69 Å². The zero-order valence-corrected chi connectivity index (χ0v) is 11.8. The lowest BCUT2D eigenvalue weighted by Crippen LogP contribution is -2.24. The highest BCUT2D eigenvalue weighted by Gasteiger charge is 2.22. The summed E-state index contributed by atoms with van der Waals surface area (Å²) in [5.41, 5.74) is 0.000874. The van der Waals surface area contributed by atoms with E-state index in [0.29, 0.717) is 22.3 Å². The molecule has 1 aromatic heterocycles. The van der Waals surface area contributed by atoms with Crippen molar-refractivity contribution in [1.82, 2.24) is 4.98 Å². The van der Waals surface area contributed by atoms with Gasteiger partial charge < -0.3 is 5.32 Å². The zero-order chi connectivity index (χ0) is 13.1. The van der Waals surface area contributed by atoms with Gasteiger partial charge in [-0.2, -0.15) is 0 Å². The van der Waals surface area contributed by atoms with Gasteiger partial charge >= 0.3 is 0 Å². The van der Waals surface area contributed by atoms with Gasteiger partial charge in [0.15, 0.2) is 0 Å². The summed E-state index contributed by atoms with van der Waals surface area (Å²) in [5, 5.41) is 14.0. The standard InChI is InChI=1S/C12H16BrN3O2/c1-8(9-4-2-3-5-9)15-12-11(13)6-10(7-14-12)16(17)18/h6-9H,2-5H2,1H3,(H,14,15). The van der Waals surface area contributed by atoms with Gasteiger partial charge in [0.2, 0.25) is 0 Å². The Morgan fingerprint density at radius 3 is 2.78 bits per heavy atom. The molecule has 0 aliphatic heterocycles. The summed E-state index contributed by atoms with van der Waals surface area (Å²) in [6.07, 6.45) is 6.38. The van der Waals surface area contributed by atoms with Gasteiger partial charge in [-0.3, -0.25) is 10.1 Å². The summed E-state index contributed by atoms with van der Waals surface area (Å²) in [6, 6.07) is 1.83. The van der Waals surface area contributed by atoms with Crippen LogP contribution in [-0.4, -0.2) is 15.9 Å². The Morgan fingerprint density at radius 2 is 2.22 bits per heavy atom. The molecule has 1 aliphatic rings. The highest BCUT2D eigenvalue weighted by molar-refractivity contribution is 9.10. The van der Waals surface area contributed by atoms with Crippen LogP contribution >= 0.6 is 15.9 Å². The topological polar surface area (TPSA) is 68.1 Å². The minimum atomic E-state index is -0.443. The highest BCUT2D eigenvalue weighted by atomic mass is 79.9. The molecular formula is C12H16BrN3O2. The van der Waals surface area contributed by atoms with Crippen LogP contribution in [0.15, 0.2) is 16.7 Å². The van der Waals surface area contributed by atoms with Crippen molar-refractivity contribution in [1.29, 1.82) is 0 Å². The van der Waals surface area contributed by atoms with Crippen LogP contribution in [0.3, 0.4) is 0 Å². The Bertz CT molecular complexity index is 447. The quantitative estimate of drug-likeness (QED) is 0.679. The van der Waals surface area contributed by atoms with Crippen molar-refractivity contribution in [2.45, 2.75) is 38.6 Å². The monoisotopic (exact) mass is 313 g/mol. The number of aromatic nitrogens is 1. The molecule has 0 aromatic carbocycles. The van der Waals surface area contributed by atoms with E-state index in [9.17, 15) is 10.1 Å². The molecule has 18 heavy (non-hydrogen) atoms. The number of pyridine rings is 1. The lowest BCUT2D eigenvalue weighted by molar-refractivity contribution is -0.385. The molecule has 1 N–H and O–H groups in total. The molecule has 1 atom stereocenters. The third-order valence-electron chi connectivity index (χ3n) is 3.51. The van der Waals surface area contributed by atoms with Gasteiger partial charge in [-0.25, -0.2) is 4.98 Å². The van der Waals surface area contributed by atoms with Gasteiger partial charge in [0.1, 0.15) is 12.0 Å². The first-order valence-electron chi connectivity index (χ1n) is 6.14. The fourth-order valence-electron chi connectivity index (χ4n) is 2.42. The third-order valence-corrected chi connectivity index (χ3v) is 4.11. The normalized spacial score (nSPS) is 17.7. The maximum atomic E-state index is 10.6. The van der Waals surface area contributed by atoms with Crippen LogP contribution in [0.2, 0.25) is 0 Å². The molecule has 1 aliphatic carbocycles. The van der Waals surface area contributed by atoms with E-state index in [1.54, 1.807) is 0 Å². The van der Waals surface area contributed by atoms with E-state index in [1.165, 1.54) is 37.9 Å². The molecule has 6 heteroatoms. The largest absolute Gasteiger partial charge is 0.366 e. The fraction of sp³-hybridized carbons (Fsp3) is 0.583. The lowest BCUT2D eigenvalue weighted by atomic mass is 10.00. The van der Waals surface area contributed by atoms with Gasteiger partial charge in [0.05, 0.1) is 9.40 Å². The highest BCUT2D eigenvalue weighted by Crippen LogP contribution is 2.31. The first kappa shape index (κ1) is 13.3. The predicted octanol–water partition coefficient (Wildman–Crippen LogP) is 3.74. The predicted molar refractivity (Wildman–Crippen MR) is 73.6 cm³/mol. The van der Waals surface area contributed by atoms with Crippen molar-refractivity contribution >= 4 is 27.4 Å². The molecule has 1 unspecified atom stereocenters. The molecular weight excluding hydrogens is 298 g/mol. The molecule has 1 saturated carbocycles. The summed E-state index contributed by atoms with van der Waals surface area (Å²) < 4.78 is 0.640. The molecule has 0 saturated heterocycles. The zero-order valence-electron chi connectivity index (χ0n) is 10.2. The van der Waals surface area contributed by atoms with Gasteiger partial charge in [0, 0.05) is 12.1 Å². The minimum absolute atomic E-state index is 0.000874. The third kappa shape index (κ3) is 2.98. The Balaban J connectivity index is 2.06. The molecule has 0 amide bonds. The summed E-state index contributed by atoms with van der Waals surface area (Å²) in [7, 11) is 0. The fourth-order valence-corrected chi connectivity index (χ4v) is 2.88. The molecule has 1 aromatic rings. The van der Waals surface area contributed by atoms with Gasteiger partial charge in [-0.1, -0.05) is 12.8 Å². The van der Waals surface area contributed by atoms with E-state index < -0.39 is 4.92 Å². The number of rotatable bonds is 4. The van der Waals surface area contributed by atoms with Crippen molar-refractivity contribution < 1.29 is 4.92 Å². The summed E-state index contributed by atoms with van der Waals surface area (Å²) in [5.74, 6) is 1.36. The SMILES string of the molecule is CC(Nc1ncc([N+](=O)[O-])cc1Br)C1CCCC1. The minimum Gasteiger partial charge on any atom is -0.366 e. The first-order valence-corrected chi connectivity index (χ1v) is 6.93. The molecule has 2 rings (SSSR count). The Labute approximate surface area is 114 Å². The second-order valence-electron chi connectivity index (χ2n) is 4.76. The van der Waals surface area contributed by atoms with Crippen LogP contribution in [0.4, 0.5) is 11.5 Å². The average molecular weight is 314 g/mol. The van der Waals surface area contributed by atoms with Crippen molar-refractivity contribution in [3.8, 4) is 0 Å². The average Bonchev–Trinajstić information content (AvgIpc) is 2.85. The molecule has 5 nitrogen and oxygen atoms in total. The van der Waals surface area contributed by atoms with E-state index in [2.05, 4.69) is 33.2 Å². The van der Waals surface area contributed by atoms with E-state index in [1.807, 2.05) is 0 Å². The van der Waals surface area contributed by atoms with Crippen molar-refractivity contribution in [2.24, 2.45) is 5.92 Å². The van der Waals surface area contributed by atoms with E-state index in [4.69, 9.17) is 0 Å². The van der Waals surface area contributed by atoms with Crippen LogP contribution < -0.4 is 5.32 Å². The maximum absolute atomic E-state index is 10.6. The summed E-state index contributed by atoms with van der Waals surface area (Å²) in [4.78, 5) is 14.3. The molecule has 0 spiro atoms. The lowest BCUT2D eigenvalue weighted by Gasteiger charge is -2.21. The number of halogens is 1. The second-order valence-corrected chi connectivity index (χ2v) is 5.61. The number of nitrogens with zero attached hydrogens (tertiary/aromatic N) is 2. The van der Waals surface area contributed by atoms with Crippen molar-refractivity contribution in [3.05, 3.63) is 26.9 Å². The number of anilines is 1. The maximum Gasteiger partial charge on any atom is 0.288 e. The Morgan fingerprint density at radius 1 is 1.56 bits per heavy atom. The number of hydrogen-bond acceptors (Lipinski definition) is 4. The van der Waals surface area contributed by atoms with Gasteiger partial charge in [0.25, 0.3) is 5.69 Å². The summed E-state index contributed by atoms with van der Waals surface area (Å²) >= 11 is 3.32. The number of hydrogen-bond donors (Lipinski definition) is 1. The van der Waals surface area contributed by atoms with Crippen LogP contribution in [0.1, 0.15) is 32.6 Å². The van der Waals surface area contributed by atoms with Gasteiger partial charge in [-0.15, -0.1) is 0 Å².